The first-order valence-electron chi connectivity index (χ1n) is 5.79. The molecule has 0 saturated heterocycles. The van der Waals surface area contributed by atoms with Gasteiger partial charge in [0.15, 0.2) is 11.5 Å². The van der Waals surface area contributed by atoms with Gasteiger partial charge in [-0.3, -0.25) is 0 Å². The molecule has 0 saturated carbocycles. The quantitative estimate of drug-likeness (QED) is 0.871. The highest BCUT2D eigenvalue weighted by Crippen LogP contribution is 2.38. The molecule has 0 unspecified atom stereocenters. The molecule has 1 aromatic carbocycles. The summed E-state index contributed by atoms with van der Waals surface area (Å²) in [6.45, 7) is 1.88. The first kappa shape index (κ1) is 13.1. The standard InChI is InChI=1S/C13H11BrClNO2S/c14-13-2-1-8(19-13)7-16-10-6-12-11(5-9(10)15)17-3-4-18-12/h1-2,5-6,16H,3-4,7H2. The van der Waals surface area contributed by atoms with E-state index in [9.17, 15) is 0 Å². The van der Waals surface area contributed by atoms with Crippen molar-refractivity contribution in [1.82, 2.24) is 0 Å². The van der Waals surface area contributed by atoms with Crippen molar-refractivity contribution < 1.29 is 9.47 Å². The maximum atomic E-state index is 6.23. The Morgan fingerprint density at radius 3 is 2.63 bits per heavy atom. The lowest BCUT2D eigenvalue weighted by Crippen LogP contribution is -2.15. The van der Waals surface area contributed by atoms with Gasteiger partial charge in [0.1, 0.15) is 13.2 Å². The van der Waals surface area contributed by atoms with Crippen LogP contribution >= 0.6 is 38.9 Å². The second-order valence-corrected chi connectivity index (χ2v) is 6.99. The second-order valence-electron chi connectivity index (χ2n) is 4.04. The largest absolute Gasteiger partial charge is 0.486 e. The lowest BCUT2D eigenvalue weighted by Gasteiger charge is -2.20. The highest BCUT2D eigenvalue weighted by molar-refractivity contribution is 9.11. The fourth-order valence-corrected chi connectivity index (χ4v) is 3.47. The molecular weight excluding hydrogens is 350 g/mol. The molecule has 100 valence electrons. The van der Waals surface area contributed by atoms with Crippen molar-refractivity contribution in [1.29, 1.82) is 0 Å². The normalized spacial score (nSPS) is 13.4. The van der Waals surface area contributed by atoms with E-state index in [1.807, 2.05) is 12.1 Å². The molecule has 6 heteroatoms. The summed E-state index contributed by atoms with van der Waals surface area (Å²) < 4.78 is 12.2. The summed E-state index contributed by atoms with van der Waals surface area (Å²) in [4.78, 5) is 1.23. The van der Waals surface area contributed by atoms with Gasteiger partial charge in [-0.1, -0.05) is 11.6 Å². The summed E-state index contributed by atoms with van der Waals surface area (Å²) in [6, 6.07) is 7.79. The molecule has 19 heavy (non-hydrogen) atoms. The topological polar surface area (TPSA) is 30.5 Å². The Labute approximate surface area is 128 Å². The zero-order valence-electron chi connectivity index (χ0n) is 9.91. The first-order chi connectivity index (χ1) is 9.22. The average Bonchev–Trinajstić information content (AvgIpc) is 2.82. The molecule has 0 atom stereocenters. The van der Waals surface area contributed by atoms with E-state index in [0.717, 1.165) is 21.8 Å². The van der Waals surface area contributed by atoms with Gasteiger partial charge < -0.3 is 14.8 Å². The van der Waals surface area contributed by atoms with E-state index in [1.54, 1.807) is 17.4 Å². The van der Waals surface area contributed by atoms with Crippen LogP contribution in [0.4, 0.5) is 5.69 Å². The van der Waals surface area contributed by atoms with Gasteiger partial charge in [0.2, 0.25) is 0 Å². The van der Waals surface area contributed by atoms with Gasteiger partial charge in [0.25, 0.3) is 0 Å². The minimum Gasteiger partial charge on any atom is -0.486 e. The Morgan fingerprint density at radius 1 is 1.21 bits per heavy atom. The van der Waals surface area contributed by atoms with Crippen LogP contribution in [-0.4, -0.2) is 13.2 Å². The van der Waals surface area contributed by atoms with Gasteiger partial charge in [-0.15, -0.1) is 11.3 Å². The van der Waals surface area contributed by atoms with Crippen LogP contribution in [0, 0.1) is 0 Å². The van der Waals surface area contributed by atoms with Gasteiger partial charge in [0.05, 0.1) is 14.5 Å². The number of rotatable bonds is 3. The van der Waals surface area contributed by atoms with Crippen LogP contribution in [0.5, 0.6) is 11.5 Å². The molecule has 0 bridgehead atoms. The van der Waals surface area contributed by atoms with Gasteiger partial charge in [-0.05, 0) is 28.1 Å². The highest BCUT2D eigenvalue weighted by atomic mass is 79.9. The molecule has 0 fully saturated rings. The van der Waals surface area contributed by atoms with Crippen LogP contribution in [0.25, 0.3) is 0 Å². The van der Waals surface area contributed by atoms with Gasteiger partial charge in [0, 0.05) is 23.6 Å². The van der Waals surface area contributed by atoms with Crippen LogP contribution in [0.15, 0.2) is 28.1 Å². The third-order valence-electron chi connectivity index (χ3n) is 2.71. The molecule has 0 aliphatic carbocycles. The highest BCUT2D eigenvalue weighted by Gasteiger charge is 2.15. The van der Waals surface area contributed by atoms with Gasteiger partial charge in [-0.2, -0.15) is 0 Å². The summed E-state index contributed by atoms with van der Waals surface area (Å²) >= 11 is 11.4. The van der Waals surface area contributed by atoms with E-state index in [2.05, 4.69) is 27.3 Å². The van der Waals surface area contributed by atoms with Crippen molar-refractivity contribution in [2.45, 2.75) is 6.54 Å². The number of anilines is 1. The third kappa shape index (κ3) is 2.99. The third-order valence-corrected chi connectivity index (χ3v) is 4.65. The molecule has 0 amide bonds. The SMILES string of the molecule is Clc1cc2c(cc1NCc1ccc(Br)s1)OCCO2. The number of ether oxygens (including phenoxy) is 2. The fourth-order valence-electron chi connectivity index (χ4n) is 1.83. The van der Waals surface area contributed by atoms with Crippen LogP contribution in [0.2, 0.25) is 5.02 Å². The van der Waals surface area contributed by atoms with E-state index < -0.39 is 0 Å². The van der Waals surface area contributed by atoms with Crippen molar-refractivity contribution in [2.75, 3.05) is 18.5 Å². The van der Waals surface area contributed by atoms with Crippen molar-refractivity contribution in [2.24, 2.45) is 0 Å². The Kier molecular flexibility index (Phi) is 3.86. The maximum absolute atomic E-state index is 6.23. The van der Waals surface area contributed by atoms with Crippen molar-refractivity contribution >= 4 is 44.6 Å². The molecule has 1 aliphatic rings. The second kappa shape index (κ2) is 5.61. The molecular formula is C13H11BrClNO2S. The van der Waals surface area contributed by atoms with Crippen molar-refractivity contribution in [3.63, 3.8) is 0 Å². The minimum atomic E-state index is 0.569. The number of nitrogens with one attached hydrogen (secondary N) is 1. The van der Waals surface area contributed by atoms with Crippen molar-refractivity contribution in [3.8, 4) is 11.5 Å². The number of halogens is 2. The minimum absolute atomic E-state index is 0.569. The zero-order chi connectivity index (χ0) is 13.2. The van der Waals surface area contributed by atoms with E-state index in [-0.39, 0.29) is 0 Å². The summed E-state index contributed by atoms with van der Waals surface area (Å²) in [5, 5.41) is 3.95. The Balaban J connectivity index is 1.77. The van der Waals surface area contributed by atoms with Crippen molar-refractivity contribution in [3.05, 3.63) is 38.0 Å². The van der Waals surface area contributed by atoms with Crippen LogP contribution in [0.1, 0.15) is 4.88 Å². The molecule has 1 N–H and O–H groups in total. The monoisotopic (exact) mass is 359 g/mol. The molecule has 3 nitrogen and oxygen atoms in total. The molecule has 2 heterocycles. The molecule has 0 spiro atoms. The lowest BCUT2D eigenvalue weighted by molar-refractivity contribution is 0.171. The predicted molar refractivity (Wildman–Crippen MR) is 81.8 cm³/mol. The number of benzene rings is 1. The maximum Gasteiger partial charge on any atom is 0.163 e. The lowest BCUT2D eigenvalue weighted by atomic mass is 10.2. The molecule has 0 radical (unpaired) electrons. The number of thiophene rings is 1. The van der Waals surface area contributed by atoms with Crippen LogP contribution in [0.3, 0.4) is 0 Å². The number of hydrogen-bond acceptors (Lipinski definition) is 4. The molecule has 3 rings (SSSR count). The Hall–Kier alpha value is -0.910. The molecule has 2 aromatic rings. The van der Waals surface area contributed by atoms with Gasteiger partial charge in [-0.25, -0.2) is 0 Å². The summed E-state index contributed by atoms with van der Waals surface area (Å²) in [7, 11) is 0. The fraction of sp³-hybridized carbons (Fsp3) is 0.231. The first-order valence-corrected chi connectivity index (χ1v) is 7.78. The van der Waals surface area contributed by atoms with E-state index in [4.69, 9.17) is 21.1 Å². The number of hydrogen-bond donors (Lipinski definition) is 1. The van der Waals surface area contributed by atoms with Gasteiger partial charge >= 0.3 is 0 Å². The molecule has 1 aromatic heterocycles. The summed E-state index contributed by atoms with van der Waals surface area (Å²) in [6.07, 6.45) is 0. The molecule has 1 aliphatic heterocycles. The Bertz CT molecular complexity index is 602. The summed E-state index contributed by atoms with van der Waals surface area (Å²) in [5.74, 6) is 1.45. The smallest absolute Gasteiger partial charge is 0.163 e. The number of fused-ring (bicyclic) bond motifs is 1. The zero-order valence-corrected chi connectivity index (χ0v) is 13.1. The van der Waals surface area contributed by atoms with Crippen LogP contribution in [-0.2, 0) is 6.54 Å². The summed E-state index contributed by atoms with van der Waals surface area (Å²) in [5.41, 5.74) is 0.857. The average molecular weight is 361 g/mol. The Morgan fingerprint density at radius 2 is 1.95 bits per heavy atom. The van der Waals surface area contributed by atoms with Crippen LogP contribution < -0.4 is 14.8 Å². The van der Waals surface area contributed by atoms with E-state index in [1.165, 1.54) is 4.88 Å². The van der Waals surface area contributed by atoms with E-state index >= 15 is 0 Å². The van der Waals surface area contributed by atoms with E-state index in [0.29, 0.717) is 24.0 Å². The predicted octanol–water partition coefficient (Wildman–Crippen LogP) is 4.55.